The van der Waals surface area contributed by atoms with Crippen molar-refractivity contribution in [2.24, 2.45) is 0 Å². The average molecular weight is 108 g/mol. The maximum absolute atomic E-state index is 2.57. The van der Waals surface area contributed by atoms with Crippen LogP contribution in [0.1, 0.15) is 0 Å². The Morgan fingerprint density at radius 3 is 1.88 bits per heavy atom. The van der Waals surface area contributed by atoms with E-state index in [0.29, 0.717) is 0 Å². The van der Waals surface area contributed by atoms with Crippen molar-refractivity contribution in [2.45, 2.75) is 24.7 Å². The van der Waals surface area contributed by atoms with E-state index in [1.54, 1.807) is 0 Å². The van der Waals surface area contributed by atoms with Crippen molar-refractivity contribution in [1.82, 2.24) is 20.0 Å². The Bertz CT molecular complexity index is 118. The molecule has 0 aromatic rings. The number of hydrazine groups is 2. The highest BCUT2D eigenvalue weighted by atomic mass is 16.3. The SMILES string of the molecule is C12C3C4N1C1N2N3N41. The van der Waals surface area contributed by atoms with Crippen LogP contribution in [0, 0.1) is 0 Å². The quantitative estimate of drug-likeness (QED) is 0.370. The molecule has 4 heteroatoms. The minimum Gasteiger partial charge on any atom is -0.235 e. The molecule has 40 valence electrons. The van der Waals surface area contributed by atoms with Crippen LogP contribution in [0.25, 0.3) is 0 Å². The molecule has 0 N–H and O–H groups in total. The van der Waals surface area contributed by atoms with Crippen molar-refractivity contribution in [3.05, 3.63) is 0 Å². The van der Waals surface area contributed by atoms with Gasteiger partial charge in [0.15, 0.2) is 6.29 Å². The molecule has 6 saturated heterocycles. The van der Waals surface area contributed by atoms with Crippen molar-refractivity contribution in [1.29, 1.82) is 0 Å². The normalized spacial score (nSPS) is 81.0. The summed E-state index contributed by atoms with van der Waals surface area (Å²) >= 11 is 0. The lowest BCUT2D eigenvalue weighted by Crippen LogP contribution is -3.26. The molecule has 0 aromatic heterocycles. The Morgan fingerprint density at radius 2 is 1.75 bits per heavy atom. The Balaban J connectivity index is 2.00. The molecule has 6 aliphatic rings. The van der Waals surface area contributed by atoms with Crippen LogP contribution in [0.3, 0.4) is 0 Å². The summed E-state index contributed by atoms with van der Waals surface area (Å²) < 4.78 is 0. The van der Waals surface area contributed by atoms with Crippen LogP contribution in [0.4, 0.5) is 0 Å². The zero-order valence-corrected chi connectivity index (χ0v) is 4.10. The number of hydrogen-bond acceptors (Lipinski definition) is 4. The second-order valence-corrected chi connectivity index (χ2v) is 3.19. The predicted molar refractivity (Wildman–Crippen MR) is 22.5 cm³/mol. The smallest absolute Gasteiger partial charge is 0.154 e. The zero-order chi connectivity index (χ0) is 4.62. The van der Waals surface area contributed by atoms with E-state index in [2.05, 4.69) is 20.0 Å². The van der Waals surface area contributed by atoms with Crippen LogP contribution in [0.2, 0.25) is 0 Å². The Morgan fingerprint density at radius 1 is 1.00 bits per heavy atom. The fourth-order valence-electron chi connectivity index (χ4n) is 2.88. The summed E-state index contributed by atoms with van der Waals surface area (Å²) in [5.41, 5.74) is 0. The second-order valence-electron chi connectivity index (χ2n) is 3.19. The first kappa shape index (κ1) is 2.62. The van der Waals surface area contributed by atoms with Crippen molar-refractivity contribution in [2.75, 3.05) is 0 Å². The molecule has 2 atom stereocenters. The molecule has 0 aromatic carbocycles. The van der Waals surface area contributed by atoms with Gasteiger partial charge in [-0.3, -0.25) is 0 Å². The average Bonchev–Trinajstić information content (AvgIpc) is 1.90. The minimum atomic E-state index is 0.759. The Kier molecular flexibility index (Phi) is 0.134. The van der Waals surface area contributed by atoms with Gasteiger partial charge in [-0.05, 0) is 0 Å². The van der Waals surface area contributed by atoms with Crippen LogP contribution in [-0.2, 0) is 0 Å². The van der Waals surface area contributed by atoms with Gasteiger partial charge in [-0.25, -0.2) is 4.90 Å². The third-order valence-electron chi connectivity index (χ3n) is 3.24. The molecule has 0 aliphatic carbocycles. The summed E-state index contributed by atoms with van der Waals surface area (Å²) in [7, 11) is 0. The molecule has 0 radical (unpaired) electrons. The van der Waals surface area contributed by atoms with E-state index in [-0.39, 0.29) is 0 Å². The van der Waals surface area contributed by atoms with Gasteiger partial charge < -0.3 is 0 Å². The lowest BCUT2D eigenvalue weighted by Gasteiger charge is -3.04. The standard InChI is InChI=1S/C4H4N4/c1-2-5-3(1)7-4(5)6(2)8(1)7/h1-4H. The van der Waals surface area contributed by atoms with E-state index >= 15 is 0 Å². The van der Waals surface area contributed by atoms with Gasteiger partial charge in [0.25, 0.3) is 0 Å². The lowest BCUT2D eigenvalue weighted by molar-refractivity contribution is -0.770. The maximum atomic E-state index is 2.57. The molecule has 0 amide bonds. The summed E-state index contributed by atoms with van der Waals surface area (Å²) in [6.45, 7) is 0. The van der Waals surface area contributed by atoms with Crippen molar-refractivity contribution >= 4 is 0 Å². The topological polar surface area (TPSA) is 13.0 Å². The van der Waals surface area contributed by atoms with Gasteiger partial charge in [0, 0.05) is 0 Å². The van der Waals surface area contributed by atoms with Crippen LogP contribution < -0.4 is 0 Å². The van der Waals surface area contributed by atoms with Crippen LogP contribution >= 0.6 is 0 Å². The van der Waals surface area contributed by atoms with Gasteiger partial charge in [-0.2, -0.15) is 15.1 Å². The summed E-state index contributed by atoms with van der Waals surface area (Å²) in [5.74, 6) is 0. The minimum absolute atomic E-state index is 0.759. The first-order chi connectivity index (χ1) is 4.00. The third kappa shape index (κ3) is 0.0598. The van der Waals surface area contributed by atoms with E-state index in [1.807, 2.05) is 0 Å². The van der Waals surface area contributed by atoms with Gasteiger partial charge in [-0.15, -0.1) is 0 Å². The van der Waals surface area contributed by atoms with Crippen molar-refractivity contribution < 1.29 is 0 Å². The van der Waals surface area contributed by atoms with Crippen molar-refractivity contribution in [3.8, 4) is 0 Å². The Labute approximate surface area is 45.8 Å². The molecule has 0 spiro atoms. The number of nitrogens with zero attached hydrogens (tertiary/aromatic N) is 4. The summed E-state index contributed by atoms with van der Waals surface area (Å²) in [4.78, 5) is 2.57. The molecule has 4 nitrogen and oxygen atoms in total. The number of rotatable bonds is 0. The number of hydrogen-bond donors (Lipinski definition) is 0. The molecule has 0 saturated carbocycles. The van der Waals surface area contributed by atoms with Gasteiger partial charge in [-0.1, -0.05) is 0 Å². The fraction of sp³-hybridized carbons (Fsp3) is 1.00. The predicted octanol–water partition coefficient (Wildman–Crippen LogP) is -1.60. The molecule has 6 heterocycles. The first-order valence-electron chi connectivity index (χ1n) is 3.13. The fourth-order valence-corrected chi connectivity index (χ4v) is 2.88. The van der Waals surface area contributed by atoms with Gasteiger partial charge in [0.1, 0.15) is 18.4 Å². The summed E-state index contributed by atoms with van der Waals surface area (Å²) in [6, 6.07) is 0.944. The molecular weight excluding hydrogens is 104 g/mol. The summed E-state index contributed by atoms with van der Waals surface area (Å²) in [5, 5.41) is 7.29. The highest BCUT2D eigenvalue weighted by Crippen LogP contribution is 2.74. The monoisotopic (exact) mass is 108 g/mol. The van der Waals surface area contributed by atoms with E-state index in [1.165, 1.54) is 0 Å². The molecule has 6 rings (SSSR count). The van der Waals surface area contributed by atoms with Crippen LogP contribution in [0.15, 0.2) is 0 Å². The molecule has 6 aliphatic heterocycles. The van der Waals surface area contributed by atoms with Crippen molar-refractivity contribution in [3.63, 3.8) is 0 Å². The molecular formula is C4H4N4. The highest BCUT2D eigenvalue weighted by molar-refractivity contribution is 5.35. The zero-order valence-electron chi connectivity index (χ0n) is 4.10. The van der Waals surface area contributed by atoms with E-state index < -0.39 is 0 Å². The first-order valence-corrected chi connectivity index (χ1v) is 3.13. The maximum Gasteiger partial charge on any atom is 0.154 e. The molecule has 2 unspecified atom stereocenters. The van der Waals surface area contributed by atoms with E-state index in [0.717, 1.165) is 24.7 Å². The Hall–Kier alpha value is -0.160. The summed E-state index contributed by atoms with van der Waals surface area (Å²) in [6.07, 6.45) is 2.53. The van der Waals surface area contributed by atoms with Gasteiger partial charge in [0.05, 0.1) is 0 Å². The highest BCUT2D eigenvalue weighted by Gasteiger charge is 2.98. The van der Waals surface area contributed by atoms with Gasteiger partial charge >= 0.3 is 0 Å². The molecule has 0 bridgehead atoms. The van der Waals surface area contributed by atoms with Crippen LogP contribution in [0.5, 0.6) is 0 Å². The largest absolute Gasteiger partial charge is 0.235 e. The van der Waals surface area contributed by atoms with Crippen LogP contribution in [-0.4, -0.2) is 44.7 Å². The third-order valence-corrected chi connectivity index (χ3v) is 3.24. The molecule has 8 heavy (non-hydrogen) atoms. The lowest BCUT2D eigenvalue weighted by atomic mass is 9.74. The van der Waals surface area contributed by atoms with E-state index in [4.69, 9.17) is 0 Å². The molecule has 6 fully saturated rings. The van der Waals surface area contributed by atoms with Gasteiger partial charge in [0.2, 0.25) is 0 Å². The second kappa shape index (κ2) is 0.410. The van der Waals surface area contributed by atoms with E-state index in [9.17, 15) is 0 Å².